The largest absolute Gasteiger partial charge is 0.507 e. The zero-order valence-corrected chi connectivity index (χ0v) is 10.2. The molecule has 0 bridgehead atoms. The number of imide groups is 1. The summed E-state index contributed by atoms with van der Waals surface area (Å²) in [7, 11) is 0. The summed E-state index contributed by atoms with van der Waals surface area (Å²) in [6.45, 7) is 0.608. The molecule has 1 fully saturated rings. The van der Waals surface area contributed by atoms with Gasteiger partial charge in [-0.05, 0) is 25.0 Å². The van der Waals surface area contributed by atoms with Crippen LogP contribution in [0.1, 0.15) is 33.6 Å². The molecule has 1 unspecified atom stereocenters. The molecule has 2 aliphatic rings. The Bertz CT molecular complexity index is 534. The van der Waals surface area contributed by atoms with Crippen molar-refractivity contribution in [3.63, 3.8) is 0 Å². The summed E-state index contributed by atoms with van der Waals surface area (Å²) in [4.78, 5) is 35.5. The zero-order valence-electron chi connectivity index (χ0n) is 10.2. The van der Waals surface area contributed by atoms with Crippen LogP contribution in [0.15, 0.2) is 18.2 Å². The summed E-state index contributed by atoms with van der Waals surface area (Å²) in [5.74, 6) is -1.01. The van der Waals surface area contributed by atoms with Gasteiger partial charge in [-0.3, -0.25) is 14.5 Å². The molecule has 1 N–H and O–H groups in total. The van der Waals surface area contributed by atoms with E-state index < -0.39 is 5.91 Å². The average Bonchev–Trinajstić information content (AvgIpc) is 2.61. The lowest BCUT2D eigenvalue weighted by molar-refractivity contribution is -0.291. The summed E-state index contributed by atoms with van der Waals surface area (Å²) in [6.07, 6.45) is 1.34. The molecule has 0 aliphatic carbocycles. The Morgan fingerprint density at radius 3 is 2.84 bits per heavy atom. The molecule has 1 saturated heterocycles. The number of rotatable bonds is 1. The van der Waals surface area contributed by atoms with E-state index >= 15 is 0 Å². The lowest BCUT2D eigenvalue weighted by atomic mass is 10.1. The van der Waals surface area contributed by atoms with E-state index in [-0.39, 0.29) is 35.4 Å². The lowest BCUT2D eigenvalue weighted by Gasteiger charge is -2.23. The fourth-order valence-electron chi connectivity index (χ4n) is 2.47. The van der Waals surface area contributed by atoms with Crippen molar-refractivity contribution in [2.45, 2.75) is 18.9 Å². The van der Waals surface area contributed by atoms with E-state index in [4.69, 9.17) is 9.78 Å². The summed E-state index contributed by atoms with van der Waals surface area (Å²) in [6, 6.07) is 4.15. The third-order valence-corrected chi connectivity index (χ3v) is 3.40. The molecule has 6 nitrogen and oxygen atoms in total. The van der Waals surface area contributed by atoms with Gasteiger partial charge in [0.25, 0.3) is 11.8 Å². The quantitative estimate of drug-likeness (QED) is 0.606. The molecule has 1 aromatic rings. The van der Waals surface area contributed by atoms with E-state index in [1.54, 1.807) is 12.1 Å². The molecule has 1 atom stereocenters. The first-order valence-corrected chi connectivity index (χ1v) is 6.14. The Hall–Kier alpha value is -1.92. The van der Waals surface area contributed by atoms with E-state index in [0.717, 1.165) is 0 Å². The van der Waals surface area contributed by atoms with Crippen LogP contribution < -0.4 is 0 Å². The number of benzene rings is 1. The normalized spacial score (nSPS) is 23.4. The van der Waals surface area contributed by atoms with Crippen LogP contribution in [0, 0.1) is 0 Å². The maximum Gasteiger partial charge on any atom is 0.265 e. The number of nitrogens with zero attached hydrogens (tertiary/aromatic N) is 1. The molecule has 0 radical (unpaired) electrons. The minimum atomic E-state index is -0.464. The van der Waals surface area contributed by atoms with Crippen LogP contribution in [0.3, 0.4) is 0 Å². The Morgan fingerprint density at radius 2 is 2.05 bits per heavy atom. The summed E-state index contributed by atoms with van der Waals surface area (Å²) in [5, 5.41) is 9.74. The second-order valence-electron chi connectivity index (χ2n) is 4.58. The summed E-state index contributed by atoms with van der Waals surface area (Å²) < 4.78 is 0. The van der Waals surface area contributed by atoms with Crippen molar-refractivity contribution < 1.29 is 24.5 Å². The number of carbonyl (C=O) groups is 2. The highest BCUT2D eigenvalue weighted by Gasteiger charge is 2.42. The van der Waals surface area contributed by atoms with E-state index in [0.29, 0.717) is 19.4 Å². The second kappa shape index (κ2) is 4.64. The lowest BCUT2D eigenvalue weighted by Crippen LogP contribution is -2.42. The Morgan fingerprint density at radius 1 is 1.21 bits per heavy atom. The van der Waals surface area contributed by atoms with Gasteiger partial charge in [0.2, 0.25) is 0 Å². The molecule has 0 saturated carbocycles. The molecule has 0 aromatic heterocycles. The molecule has 2 aliphatic heterocycles. The molecule has 2 amide bonds. The number of amides is 2. The third-order valence-electron chi connectivity index (χ3n) is 3.40. The number of hydrogen-bond donors (Lipinski definition) is 1. The maximum atomic E-state index is 12.3. The first-order chi connectivity index (χ1) is 9.20. The van der Waals surface area contributed by atoms with Crippen molar-refractivity contribution in [1.82, 2.24) is 4.90 Å². The number of fused-ring (bicyclic) bond motifs is 1. The molecule has 1 aromatic carbocycles. The van der Waals surface area contributed by atoms with Crippen molar-refractivity contribution in [1.29, 1.82) is 0 Å². The third kappa shape index (κ3) is 1.89. The van der Waals surface area contributed by atoms with Crippen molar-refractivity contribution in [3.8, 4) is 5.75 Å². The van der Waals surface area contributed by atoms with Crippen molar-refractivity contribution >= 4 is 11.8 Å². The van der Waals surface area contributed by atoms with Crippen molar-refractivity contribution in [2.24, 2.45) is 0 Å². The fraction of sp³-hybridized carbons (Fsp3) is 0.385. The van der Waals surface area contributed by atoms with Crippen LogP contribution >= 0.6 is 0 Å². The number of phenolic OH excluding ortho intramolecular Hbond substituents is 1. The molecular weight excluding hydrogens is 250 g/mol. The van der Waals surface area contributed by atoms with E-state index in [9.17, 15) is 14.7 Å². The predicted molar refractivity (Wildman–Crippen MR) is 63.5 cm³/mol. The minimum Gasteiger partial charge on any atom is -0.507 e. The SMILES string of the molecule is O=C1c2cccc(O)c2C(=O)N1C1CCCOOC1. The highest BCUT2D eigenvalue weighted by molar-refractivity contribution is 6.22. The maximum absolute atomic E-state index is 12.3. The van der Waals surface area contributed by atoms with Gasteiger partial charge in [-0.25, -0.2) is 9.78 Å². The van der Waals surface area contributed by atoms with E-state index in [2.05, 4.69) is 0 Å². The van der Waals surface area contributed by atoms with Crippen LogP contribution in [0.4, 0.5) is 0 Å². The van der Waals surface area contributed by atoms with Gasteiger partial charge in [0.15, 0.2) is 0 Å². The van der Waals surface area contributed by atoms with Gasteiger partial charge in [0, 0.05) is 0 Å². The van der Waals surface area contributed by atoms with Gasteiger partial charge in [0.1, 0.15) is 12.4 Å². The predicted octanol–water partition coefficient (Wildman–Crippen LogP) is 1.10. The van der Waals surface area contributed by atoms with Gasteiger partial charge in [-0.1, -0.05) is 6.07 Å². The average molecular weight is 263 g/mol. The Kier molecular flexibility index (Phi) is 2.96. The van der Waals surface area contributed by atoms with Crippen LogP contribution in [0.2, 0.25) is 0 Å². The van der Waals surface area contributed by atoms with Gasteiger partial charge in [-0.2, -0.15) is 0 Å². The standard InChI is InChI=1S/C13H13NO5/c15-10-5-1-4-9-11(10)13(17)14(12(9)16)8-3-2-6-18-19-7-8/h1,4-5,8,15H,2-3,6-7H2. The fourth-order valence-corrected chi connectivity index (χ4v) is 2.47. The first kappa shape index (κ1) is 12.1. The van der Waals surface area contributed by atoms with Crippen LogP contribution in [0.25, 0.3) is 0 Å². The molecule has 2 heterocycles. The van der Waals surface area contributed by atoms with Gasteiger partial charge < -0.3 is 5.11 Å². The number of carbonyl (C=O) groups excluding carboxylic acids is 2. The van der Waals surface area contributed by atoms with Gasteiger partial charge in [-0.15, -0.1) is 0 Å². The monoisotopic (exact) mass is 263 g/mol. The highest BCUT2D eigenvalue weighted by atomic mass is 17.2. The Labute approximate surface area is 109 Å². The second-order valence-corrected chi connectivity index (χ2v) is 4.58. The molecule has 6 heteroatoms. The number of hydrogen-bond acceptors (Lipinski definition) is 5. The molecular formula is C13H13NO5. The van der Waals surface area contributed by atoms with E-state index in [1.807, 2.05) is 0 Å². The first-order valence-electron chi connectivity index (χ1n) is 6.14. The molecule has 100 valence electrons. The molecule has 19 heavy (non-hydrogen) atoms. The molecule has 3 rings (SSSR count). The van der Waals surface area contributed by atoms with Crippen LogP contribution in [-0.4, -0.2) is 41.1 Å². The highest BCUT2D eigenvalue weighted by Crippen LogP contribution is 2.32. The Balaban J connectivity index is 1.95. The molecule has 0 spiro atoms. The number of phenols is 1. The summed E-state index contributed by atoms with van der Waals surface area (Å²) in [5.41, 5.74) is 0.327. The van der Waals surface area contributed by atoms with E-state index in [1.165, 1.54) is 11.0 Å². The zero-order chi connectivity index (χ0) is 13.4. The number of aromatic hydroxyl groups is 1. The topological polar surface area (TPSA) is 76.1 Å². The minimum absolute atomic E-state index is 0.0812. The van der Waals surface area contributed by atoms with Crippen LogP contribution in [0.5, 0.6) is 5.75 Å². The smallest absolute Gasteiger partial charge is 0.265 e. The van der Waals surface area contributed by atoms with Gasteiger partial charge in [0.05, 0.1) is 23.8 Å². The van der Waals surface area contributed by atoms with Gasteiger partial charge >= 0.3 is 0 Å². The van der Waals surface area contributed by atoms with Crippen molar-refractivity contribution in [2.75, 3.05) is 13.2 Å². The summed E-state index contributed by atoms with van der Waals surface area (Å²) >= 11 is 0. The van der Waals surface area contributed by atoms with Crippen molar-refractivity contribution in [3.05, 3.63) is 29.3 Å². The van der Waals surface area contributed by atoms with Crippen LogP contribution in [-0.2, 0) is 9.78 Å².